The number of allylic oxidation sites excluding steroid dienone is 2. The Morgan fingerprint density at radius 1 is 1.00 bits per heavy atom. The van der Waals surface area contributed by atoms with Crippen LogP contribution < -0.4 is 0 Å². The van der Waals surface area contributed by atoms with E-state index in [1.807, 2.05) is 55.5 Å². The van der Waals surface area contributed by atoms with Crippen molar-refractivity contribution in [3.8, 4) is 0 Å². The maximum absolute atomic E-state index is 14.2. The molecule has 0 aliphatic heterocycles. The molecule has 1 atom stereocenters. The first-order valence-corrected chi connectivity index (χ1v) is 13.0. The highest BCUT2D eigenvalue weighted by Gasteiger charge is 2.28. The van der Waals surface area contributed by atoms with Gasteiger partial charge in [-0.25, -0.2) is 4.39 Å². The van der Waals surface area contributed by atoms with Crippen molar-refractivity contribution in [3.63, 3.8) is 0 Å². The first-order chi connectivity index (χ1) is 17.2. The van der Waals surface area contributed by atoms with Crippen LogP contribution in [0.15, 0.2) is 83.3 Å². The van der Waals surface area contributed by atoms with Gasteiger partial charge in [-0.15, -0.1) is 0 Å². The van der Waals surface area contributed by atoms with Gasteiger partial charge in [-0.1, -0.05) is 48.5 Å². The van der Waals surface area contributed by atoms with Crippen LogP contribution in [0.5, 0.6) is 0 Å². The van der Waals surface area contributed by atoms with Crippen molar-refractivity contribution in [1.82, 2.24) is 4.90 Å². The lowest BCUT2D eigenvalue weighted by atomic mass is 10.0. The monoisotopic (exact) mass is 503 g/mol. The topological polar surface area (TPSA) is 74.7 Å². The number of amides is 1. The molecule has 0 saturated carbocycles. The molecule has 4 rings (SSSR count). The molecule has 0 radical (unpaired) electrons. The Bertz CT molecular complexity index is 1390. The number of carbonyl (C=O) groups excluding carboxylic acids is 1. The third-order valence-corrected chi connectivity index (χ3v) is 7.14. The Morgan fingerprint density at radius 3 is 2.33 bits per heavy atom. The Kier molecular flexibility index (Phi) is 7.60. The van der Waals surface area contributed by atoms with Crippen LogP contribution >= 0.6 is 0 Å². The standard InChI is InChI=1S/C29H26FNO4S/c1-19-25(14-20-8-11-23(12-9-20)36(2)35)24-13-10-22(30)15-27(24)26(19)16-28(32)31(18-29(33)34)17-21-6-4-3-5-7-21/h3-15H,16-18H2,1-2H3,(H,33,34). The van der Waals surface area contributed by atoms with Crippen LogP contribution in [-0.4, -0.2) is 38.9 Å². The zero-order valence-corrected chi connectivity index (χ0v) is 20.8. The molecule has 0 bridgehead atoms. The average molecular weight is 504 g/mol. The molecule has 36 heavy (non-hydrogen) atoms. The number of carboxylic acid groups (broad SMARTS) is 1. The number of hydrogen-bond donors (Lipinski definition) is 1. The fourth-order valence-electron chi connectivity index (χ4n) is 4.37. The van der Waals surface area contributed by atoms with Crippen LogP contribution in [0, 0.1) is 5.82 Å². The van der Waals surface area contributed by atoms with E-state index in [1.54, 1.807) is 24.5 Å². The zero-order chi connectivity index (χ0) is 25.8. The number of fused-ring (bicyclic) bond motifs is 1. The molecule has 0 aromatic heterocycles. The molecule has 0 saturated heterocycles. The maximum Gasteiger partial charge on any atom is 0.323 e. The summed E-state index contributed by atoms with van der Waals surface area (Å²) in [7, 11) is -1.08. The van der Waals surface area contributed by atoms with Crippen LogP contribution in [-0.2, 0) is 26.9 Å². The quantitative estimate of drug-likeness (QED) is 0.447. The normalized spacial score (nSPS) is 14.6. The second-order valence-electron chi connectivity index (χ2n) is 8.68. The van der Waals surface area contributed by atoms with Gasteiger partial charge < -0.3 is 10.0 Å². The number of rotatable bonds is 8. The van der Waals surface area contributed by atoms with Gasteiger partial charge in [0.2, 0.25) is 5.91 Å². The van der Waals surface area contributed by atoms with Crippen molar-refractivity contribution >= 4 is 39.9 Å². The number of halogens is 1. The van der Waals surface area contributed by atoms with Gasteiger partial charge in [-0.05, 0) is 76.2 Å². The lowest BCUT2D eigenvalue weighted by Gasteiger charge is -2.21. The van der Waals surface area contributed by atoms with Crippen LogP contribution in [0.25, 0.3) is 17.2 Å². The Labute approximate surface area is 212 Å². The fraction of sp³-hybridized carbons (Fsp3) is 0.172. The van der Waals surface area contributed by atoms with Crippen molar-refractivity contribution in [1.29, 1.82) is 0 Å². The van der Waals surface area contributed by atoms with Gasteiger partial charge in [0.05, 0.1) is 6.42 Å². The molecular formula is C29H26FNO4S. The van der Waals surface area contributed by atoms with E-state index in [1.165, 1.54) is 17.0 Å². The van der Waals surface area contributed by atoms with Gasteiger partial charge in [0, 0.05) is 28.5 Å². The third-order valence-electron chi connectivity index (χ3n) is 6.20. The minimum atomic E-state index is -1.10. The van der Waals surface area contributed by atoms with Crippen LogP contribution in [0.2, 0.25) is 0 Å². The Morgan fingerprint density at radius 2 is 1.69 bits per heavy atom. The van der Waals surface area contributed by atoms with E-state index in [-0.39, 0.29) is 18.9 Å². The molecule has 5 nitrogen and oxygen atoms in total. The number of nitrogens with zero attached hydrogens (tertiary/aromatic N) is 1. The van der Waals surface area contributed by atoms with Crippen molar-refractivity contribution in [2.24, 2.45) is 0 Å². The minimum Gasteiger partial charge on any atom is -0.480 e. The lowest BCUT2D eigenvalue weighted by Crippen LogP contribution is -2.35. The smallest absolute Gasteiger partial charge is 0.323 e. The highest BCUT2D eigenvalue weighted by Crippen LogP contribution is 2.44. The molecule has 184 valence electrons. The summed E-state index contributed by atoms with van der Waals surface area (Å²) < 4.78 is 26.0. The van der Waals surface area contributed by atoms with Crippen molar-refractivity contribution < 1.29 is 23.3 Å². The molecule has 7 heteroatoms. The number of carbonyl (C=O) groups is 2. The summed E-state index contributed by atoms with van der Waals surface area (Å²) in [5.41, 5.74) is 5.54. The largest absolute Gasteiger partial charge is 0.480 e. The summed E-state index contributed by atoms with van der Waals surface area (Å²) in [6.45, 7) is 1.63. The van der Waals surface area contributed by atoms with Gasteiger partial charge in [-0.2, -0.15) is 0 Å². The van der Waals surface area contributed by atoms with Crippen LogP contribution in [0.1, 0.15) is 35.6 Å². The summed E-state index contributed by atoms with van der Waals surface area (Å²) in [4.78, 5) is 26.8. The van der Waals surface area contributed by atoms with E-state index in [0.717, 1.165) is 32.7 Å². The van der Waals surface area contributed by atoms with Gasteiger partial charge in [0.25, 0.3) is 0 Å². The van der Waals surface area contributed by atoms with E-state index in [4.69, 9.17) is 0 Å². The van der Waals surface area contributed by atoms with E-state index >= 15 is 0 Å². The Hall–Kier alpha value is -3.84. The van der Waals surface area contributed by atoms with Gasteiger partial charge in [0.1, 0.15) is 12.4 Å². The summed E-state index contributed by atoms with van der Waals surface area (Å²) in [5.74, 6) is -1.85. The van der Waals surface area contributed by atoms with Crippen molar-refractivity contribution in [3.05, 3.63) is 106 Å². The molecule has 1 unspecified atom stereocenters. The number of aliphatic carboxylic acids is 1. The first kappa shape index (κ1) is 25.3. The SMILES string of the molecule is CC1=C(CC(=O)N(CC(=O)O)Cc2ccccc2)c2cc(F)ccc2C1=Cc1ccc(S(C)=O)cc1. The molecule has 3 aromatic carbocycles. The molecule has 0 spiro atoms. The molecule has 1 aliphatic rings. The van der Waals surface area contributed by atoms with E-state index in [2.05, 4.69) is 0 Å². The van der Waals surface area contributed by atoms with E-state index in [0.29, 0.717) is 11.1 Å². The zero-order valence-electron chi connectivity index (χ0n) is 20.0. The summed E-state index contributed by atoms with van der Waals surface area (Å²) in [6.07, 6.45) is 3.54. The van der Waals surface area contributed by atoms with Crippen LogP contribution in [0.3, 0.4) is 0 Å². The summed E-state index contributed by atoms with van der Waals surface area (Å²) >= 11 is 0. The molecule has 0 fully saturated rings. The van der Waals surface area contributed by atoms with Gasteiger partial charge in [0.15, 0.2) is 0 Å². The maximum atomic E-state index is 14.2. The molecule has 1 N–H and O–H groups in total. The second-order valence-corrected chi connectivity index (χ2v) is 10.1. The predicted molar refractivity (Wildman–Crippen MR) is 140 cm³/mol. The molecular weight excluding hydrogens is 477 g/mol. The fourth-order valence-corrected chi connectivity index (χ4v) is 4.89. The van der Waals surface area contributed by atoms with E-state index in [9.17, 15) is 23.3 Å². The first-order valence-electron chi connectivity index (χ1n) is 11.4. The minimum absolute atomic E-state index is 0.0481. The molecule has 1 aliphatic carbocycles. The Balaban J connectivity index is 1.69. The highest BCUT2D eigenvalue weighted by atomic mass is 32.2. The number of carboxylic acids is 1. The summed E-state index contributed by atoms with van der Waals surface area (Å²) in [5, 5.41) is 9.39. The highest BCUT2D eigenvalue weighted by molar-refractivity contribution is 7.84. The molecule has 1 amide bonds. The number of benzene rings is 3. The van der Waals surface area contributed by atoms with Gasteiger partial charge in [-0.3, -0.25) is 13.8 Å². The predicted octanol–water partition coefficient (Wildman–Crippen LogP) is 5.39. The van der Waals surface area contributed by atoms with Crippen molar-refractivity contribution in [2.45, 2.75) is 24.8 Å². The average Bonchev–Trinajstić information content (AvgIpc) is 3.09. The third kappa shape index (κ3) is 5.69. The molecule has 0 heterocycles. The van der Waals surface area contributed by atoms with Crippen LogP contribution in [0.4, 0.5) is 4.39 Å². The van der Waals surface area contributed by atoms with E-state index < -0.39 is 29.1 Å². The summed E-state index contributed by atoms with van der Waals surface area (Å²) in [6, 6.07) is 21.1. The van der Waals surface area contributed by atoms with Gasteiger partial charge >= 0.3 is 5.97 Å². The van der Waals surface area contributed by atoms with Crippen molar-refractivity contribution in [2.75, 3.05) is 12.8 Å². The molecule has 3 aromatic rings. The second kappa shape index (κ2) is 10.8. The lowest BCUT2D eigenvalue weighted by molar-refractivity contribution is -0.144. The number of hydrogen-bond acceptors (Lipinski definition) is 3.